The third kappa shape index (κ3) is 4.12. The molecule has 2 N–H and O–H groups in total. The van der Waals surface area contributed by atoms with E-state index in [0.29, 0.717) is 36.4 Å². The summed E-state index contributed by atoms with van der Waals surface area (Å²) in [5, 5.41) is 1.05. The molecular formula is C17H12Cl2N2O3S2. The van der Waals surface area contributed by atoms with E-state index in [9.17, 15) is 9.59 Å². The molecule has 1 fully saturated rings. The molecule has 3 rings (SSSR count). The van der Waals surface area contributed by atoms with E-state index in [2.05, 4.69) is 0 Å². The number of hydrogen-bond acceptors (Lipinski definition) is 5. The van der Waals surface area contributed by atoms with Crippen molar-refractivity contribution in [3.05, 3.63) is 51.0 Å². The lowest BCUT2D eigenvalue weighted by molar-refractivity contribution is -0.123. The lowest BCUT2D eigenvalue weighted by atomic mass is 10.2. The molecule has 9 heteroatoms. The van der Waals surface area contributed by atoms with Crippen molar-refractivity contribution in [2.24, 2.45) is 5.73 Å². The molecule has 0 unspecified atom stereocenters. The highest BCUT2D eigenvalue weighted by atomic mass is 35.5. The zero-order valence-corrected chi connectivity index (χ0v) is 16.3. The number of rotatable bonds is 5. The molecule has 1 aromatic carbocycles. The SMILES string of the molecule is NC(=O)CCN1C(=O)/C(=C/c2ccc(-c3cc(Cl)ccc3Cl)o2)SC1=S. The third-order valence-electron chi connectivity index (χ3n) is 3.55. The molecule has 1 aromatic heterocycles. The second-order valence-electron chi connectivity index (χ2n) is 5.38. The molecule has 1 aliphatic rings. The molecule has 0 radical (unpaired) electrons. The number of carbonyl (C=O) groups is 2. The Balaban J connectivity index is 1.82. The standard InChI is InChI=1S/C17H12Cl2N2O3S2/c18-9-1-3-12(19)11(7-9)13-4-2-10(24-13)8-14-16(23)21(17(25)26-14)6-5-15(20)22/h1-4,7-8H,5-6H2,(H2,20,22)/b14-8-. The largest absolute Gasteiger partial charge is 0.457 e. The molecule has 1 saturated heterocycles. The van der Waals surface area contributed by atoms with E-state index < -0.39 is 5.91 Å². The molecule has 0 saturated carbocycles. The fourth-order valence-corrected chi connectivity index (χ4v) is 3.98. The number of nitrogens with zero attached hydrogens (tertiary/aromatic N) is 1. The second kappa shape index (κ2) is 7.84. The Kier molecular flexibility index (Phi) is 5.72. The Hall–Kier alpha value is -1.80. The van der Waals surface area contributed by atoms with Gasteiger partial charge in [-0.3, -0.25) is 14.5 Å². The quantitative estimate of drug-likeness (QED) is 0.568. The van der Waals surface area contributed by atoms with Gasteiger partial charge in [0, 0.05) is 29.6 Å². The third-order valence-corrected chi connectivity index (χ3v) is 5.49. The number of nitrogens with two attached hydrogens (primary N) is 1. The van der Waals surface area contributed by atoms with E-state index in [4.69, 9.17) is 45.6 Å². The summed E-state index contributed by atoms with van der Waals surface area (Å²) in [5.41, 5.74) is 5.78. The number of halogens is 2. The van der Waals surface area contributed by atoms with Gasteiger partial charge in [0.1, 0.15) is 15.8 Å². The normalized spacial score (nSPS) is 15.9. The van der Waals surface area contributed by atoms with Crippen molar-refractivity contribution >= 4 is 69.4 Å². The maximum absolute atomic E-state index is 12.4. The second-order valence-corrected chi connectivity index (χ2v) is 7.90. The summed E-state index contributed by atoms with van der Waals surface area (Å²) in [6.07, 6.45) is 1.66. The number of carbonyl (C=O) groups excluding carboxylic acids is 2. The van der Waals surface area contributed by atoms with Crippen LogP contribution < -0.4 is 5.73 Å². The van der Waals surface area contributed by atoms with Crippen molar-refractivity contribution in [1.29, 1.82) is 0 Å². The van der Waals surface area contributed by atoms with Crippen LogP contribution >= 0.6 is 47.2 Å². The number of benzene rings is 1. The first-order valence-electron chi connectivity index (χ1n) is 7.44. The average molecular weight is 427 g/mol. The van der Waals surface area contributed by atoms with Gasteiger partial charge in [-0.2, -0.15) is 0 Å². The van der Waals surface area contributed by atoms with Crippen molar-refractivity contribution in [1.82, 2.24) is 4.90 Å². The number of furan rings is 1. The zero-order valence-electron chi connectivity index (χ0n) is 13.2. The van der Waals surface area contributed by atoms with E-state index in [-0.39, 0.29) is 18.9 Å². The molecule has 0 atom stereocenters. The van der Waals surface area contributed by atoms with Gasteiger partial charge in [-0.15, -0.1) is 0 Å². The predicted octanol–water partition coefficient (Wildman–Crippen LogP) is 4.33. The van der Waals surface area contributed by atoms with Gasteiger partial charge in [-0.25, -0.2) is 0 Å². The monoisotopic (exact) mass is 426 g/mol. The number of amides is 2. The summed E-state index contributed by atoms with van der Waals surface area (Å²) < 4.78 is 6.15. The molecular weight excluding hydrogens is 415 g/mol. The molecule has 2 amide bonds. The fraction of sp³-hybridized carbons (Fsp3) is 0.118. The average Bonchev–Trinajstić information content (AvgIpc) is 3.14. The first-order valence-corrected chi connectivity index (χ1v) is 9.42. The first kappa shape index (κ1) is 19.0. The molecule has 1 aliphatic heterocycles. The maximum atomic E-state index is 12.4. The molecule has 0 spiro atoms. The van der Waals surface area contributed by atoms with Crippen LogP contribution in [0.15, 0.2) is 39.7 Å². The molecule has 134 valence electrons. The van der Waals surface area contributed by atoms with Gasteiger partial charge >= 0.3 is 0 Å². The minimum absolute atomic E-state index is 0.0535. The number of thioether (sulfide) groups is 1. The summed E-state index contributed by atoms with van der Waals surface area (Å²) in [6, 6.07) is 8.55. The van der Waals surface area contributed by atoms with Gasteiger partial charge in [-0.1, -0.05) is 47.2 Å². The van der Waals surface area contributed by atoms with Gasteiger partial charge < -0.3 is 10.2 Å². The Morgan fingerprint density at radius 2 is 2.08 bits per heavy atom. The number of primary amides is 1. The van der Waals surface area contributed by atoms with Crippen molar-refractivity contribution in [2.45, 2.75) is 6.42 Å². The maximum Gasteiger partial charge on any atom is 0.266 e. The molecule has 26 heavy (non-hydrogen) atoms. The molecule has 2 aromatic rings. The minimum Gasteiger partial charge on any atom is -0.457 e. The van der Waals surface area contributed by atoms with Crippen LogP contribution in [-0.4, -0.2) is 27.6 Å². The lowest BCUT2D eigenvalue weighted by Gasteiger charge is -2.12. The van der Waals surface area contributed by atoms with Gasteiger partial charge in [0.05, 0.1) is 9.93 Å². The van der Waals surface area contributed by atoms with Crippen LogP contribution in [0.3, 0.4) is 0 Å². The highest BCUT2D eigenvalue weighted by Gasteiger charge is 2.32. The summed E-state index contributed by atoms with van der Waals surface area (Å²) in [5.74, 6) is 0.247. The van der Waals surface area contributed by atoms with E-state index >= 15 is 0 Å². The highest BCUT2D eigenvalue weighted by molar-refractivity contribution is 8.26. The van der Waals surface area contributed by atoms with Crippen LogP contribution in [0.4, 0.5) is 0 Å². The fourth-order valence-electron chi connectivity index (χ4n) is 2.31. The summed E-state index contributed by atoms with van der Waals surface area (Å²) in [7, 11) is 0. The Bertz CT molecular complexity index is 940. The molecule has 0 aliphatic carbocycles. The van der Waals surface area contributed by atoms with Gasteiger partial charge in [0.2, 0.25) is 5.91 Å². The van der Waals surface area contributed by atoms with Crippen LogP contribution in [0, 0.1) is 0 Å². The highest BCUT2D eigenvalue weighted by Crippen LogP contribution is 2.35. The number of hydrogen-bond donors (Lipinski definition) is 1. The van der Waals surface area contributed by atoms with E-state index in [0.717, 1.165) is 11.8 Å². The van der Waals surface area contributed by atoms with E-state index in [1.165, 1.54) is 4.90 Å². The minimum atomic E-state index is -0.489. The predicted molar refractivity (Wildman–Crippen MR) is 108 cm³/mol. The van der Waals surface area contributed by atoms with Gasteiger partial charge in [-0.05, 0) is 30.3 Å². The van der Waals surface area contributed by atoms with E-state index in [1.807, 2.05) is 0 Å². The van der Waals surface area contributed by atoms with Crippen molar-refractivity contribution in [2.75, 3.05) is 6.54 Å². The van der Waals surface area contributed by atoms with E-state index in [1.54, 1.807) is 36.4 Å². The summed E-state index contributed by atoms with van der Waals surface area (Å²) >= 11 is 18.5. The van der Waals surface area contributed by atoms with Crippen LogP contribution in [-0.2, 0) is 9.59 Å². The summed E-state index contributed by atoms with van der Waals surface area (Å²) in [6.45, 7) is 0.166. The Labute approximate surface area is 169 Å². The lowest BCUT2D eigenvalue weighted by Crippen LogP contribution is -2.31. The van der Waals surface area contributed by atoms with Crippen LogP contribution in [0.5, 0.6) is 0 Å². The van der Waals surface area contributed by atoms with Crippen LogP contribution in [0.1, 0.15) is 12.2 Å². The van der Waals surface area contributed by atoms with Gasteiger partial charge in [0.15, 0.2) is 0 Å². The summed E-state index contributed by atoms with van der Waals surface area (Å²) in [4.78, 5) is 25.1. The van der Waals surface area contributed by atoms with Crippen molar-refractivity contribution in [3.63, 3.8) is 0 Å². The van der Waals surface area contributed by atoms with Crippen LogP contribution in [0.25, 0.3) is 17.4 Å². The topological polar surface area (TPSA) is 76.5 Å². The van der Waals surface area contributed by atoms with Crippen molar-refractivity contribution in [3.8, 4) is 11.3 Å². The molecule has 5 nitrogen and oxygen atoms in total. The molecule has 2 heterocycles. The van der Waals surface area contributed by atoms with Crippen molar-refractivity contribution < 1.29 is 14.0 Å². The van der Waals surface area contributed by atoms with Crippen LogP contribution in [0.2, 0.25) is 10.0 Å². The Morgan fingerprint density at radius 3 is 2.81 bits per heavy atom. The smallest absolute Gasteiger partial charge is 0.266 e. The Morgan fingerprint density at radius 1 is 1.31 bits per heavy atom. The molecule has 0 bridgehead atoms. The van der Waals surface area contributed by atoms with Gasteiger partial charge in [0.25, 0.3) is 5.91 Å². The first-order chi connectivity index (χ1) is 12.3. The number of thiocarbonyl (C=S) groups is 1. The zero-order chi connectivity index (χ0) is 18.8.